The number of aromatic nitrogens is 1. The predicted octanol–water partition coefficient (Wildman–Crippen LogP) is 7.90. The van der Waals surface area contributed by atoms with Gasteiger partial charge in [-0.1, -0.05) is 26.8 Å². The molecule has 1 amide bonds. The summed E-state index contributed by atoms with van der Waals surface area (Å²) < 4.78 is 164. The van der Waals surface area contributed by atoms with Crippen LogP contribution in [0, 0.1) is 5.41 Å². The fourth-order valence-electron chi connectivity index (χ4n) is 3.47. The van der Waals surface area contributed by atoms with Crippen molar-refractivity contribution in [1.29, 1.82) is 0 Å². The maximum Gasteiger partial charge on any atom is 0.416 e. The van der Waals surface area contributed by atoms with Gasteiger partial charge in [0.05, 0.1) is 27.7 Å². The second-order valence-corrected chi connectivity index (χ2v) is 12.1. The van der Waals surface area contributed by atoms with Crippen molar-refractivity contribution in [2.45, 2.75) is 45.5 Å². The average molecular weight is 634 g/mol. The maximum atomic E-state index is 13.6. The number of amides is 1. The number of carbonyl (C=O) groups is 1. The van der Waals surface area contributed by atoms with Crippen LogP contribution in [0.4, 0.5) is 58.5 Å². The normalized spacial score (nSPS) is 13.4. The molecule has 1 aromatic heterocycles. The van der Waals surface area contributed by atoms with Crippen LogP contribution < -0.4 is 21.4 Å². The Bertz CT molecular complexity index is 1330. The van der Waals surface area contributed by atoms with Crippen LogP contribution in [0.3, 0.4) is 0 Å². The summed E-state index contributed by atoms with van der Waals surface area (Å²) in [6.45, 7) is 4.50. The Labute approximate surface area is 231 Å². The quantitative estimate of drug-likeness (QED) is 0.234. The Kier molecular flexibility index (Phi) is 8.72. The molecule has 0 radical (unpaired) electrons. The summed E-state index contributed by atoms with van der Waals surface area (Å²) in [5.41, 5.74) is -8.81. The summed E-state index contributed by atoms with van der Waals surface area (Å²) >= 11 is 0. The smallest absolute Gasteiger partial charge is 0.310 e. The molecule has 228 valence electrons. The van der Waals surface area contributed by atoms with Crippen molar-refractivity contribution >= 4 is 35.7 Å². The molecule has 0 aliphatic rings. The second kappa shape index (κ2) is 11.1. The zero-order valence-electron chi connectivity index (χ0n) is 21.5. The molecule has 0 aliphatic heterocycles. The number of hydrogen-bond donors (Lipinski definition) is 1. The second-order valence-electron chi connectivity index (χ2n) is 9.95. The van der Waals surface area contributed by atoms with Crippen LogP contribution in [-0.4, -0.2) is 10.9 Å². The molecule has 3 rings (SSSR count). The van der Waals surface area contributed by atoms with Gasteiger partial charge in [-0.05, 0) is 59.1 Å². The Morgan fingerprint density at radius 3 is 1.29 bits per heavy atom. The molecule has 0 aliphatic carbocycles. The van der Waals surface area contributed by atoms with Crippen LogP contribution >= 0.6 is 7.92 Å². The SMILES string of the molecule is CC(C)(C)C(=O)Nc1cccc(P(c2cc(C(F)(F)F)cc(C(F)(F)F)c2)c2cc(C(F)(F)F)cc(C(F)(F)F)c2)n1. The van der Waals surface area contributed by atoms with Gasteiger partial charge in [-0.25, -0.2) is 4.98 Å². The molecule has 0 spiro atoms. The first-order chi connectivity index (χ1) is 18.9. The summed E-state index contributed by atoms with van der Waals surface area (Å²) in [6, 6.07) is 3.77. The predicted molar refractivity (Wildman–Crippen MR) is 131 cm³/mol. The summed E-state index contributed by atoms with van der Waals surface area (Å²) in [7, 11) is -3.03. The summed E-state index contributed by atoms with van der Waals surface area (Å²) in [4.78, 5) is 16.4. The number of nitrogens with one attached hydrogen (secondary N) is 1. The molecule has 0 saturated heterocycles. The van der Waals surface area contributed by atoms with Crippen molar-refractivity contribution in [3.63, 3.8) is 0 Å². The molecule has 0 atom stereocenters. The van der Waals surface area contributed by atoms with Crippen LogP contribution in [0.1, 0.15) is 43.0 Å². The minimum absolute atomic E-state index is 0.219. The zero-order valence-corrected chi connectivity index (χ0v) is 22.4. The van der Waals surface area contributed by atoms with E-state index in [0.717, 1.165) is 12.1 Å². The van der Waals surface area contributed by atoms with Gasteiger partial charge in [0.2, 0.25) is 5.91 Å². The highest BCUT2D eigenvalue weighted by atomic mass is 31.1. The highest BCUT2D eigenvalue weighted by Crippen LogP contribution is 2.42. The van der Waals surface area contributed by atoms with Gasteiger partial charge < -0.3 is 5.32 Å². The van der Waals surface area contributed by atoms with Crippen molar-refractivity contribution in [2.75, 3.05) is 5.32 Å². The Morgan fingerprint density at radius 1 is 0.619 bits per heavy atom. The average Bonchev–Trinajstić information content (AvgIpc) is 2.81. The van der Waals surface area contributed by atoms with E-state index in [-0.39, 0.29) is 42.2 Å². The molecular formula is C26H19F12N2OP. The molecule has 2 aromatic carbocycles. The van der Waals surface area contributed by atoms with Crippen LogP contribution in [0.15, 0.2) is 54.6 Å². The van der Waals surface area contributed by atoms with E-state index in [2.05, 4.69) is 10.3 Å². The molecule has 0 unspecified atom stereocenters. The van der Waals surface area contributed by atoms with Crippen LogP contribution in [0.5, 0.6) is 0 Å². The van der Waals surface area contributed by atoms with Crippen molar-refractivity contribution in [2.24, 2.45) is 5.41 Å². The topological polar surface area (TPSA) is 42.0 Å². The lowest BCUT2D eigenvalue weighted by Gasteiger charge is -2.24. The van der Waals surface area contributed by atoms with Crippen molar-refractivity contribution in [3.8, 4) is 0 Å². The standard InChI is InChI=1S/C26H19F12N2OP/c1-22(2,3)21(41)40-19-5-4-6-20(39-19)42(17-9-13(23(27,28)29)7-14(10-17)24(30,31)32)18-11-15(25(33,34)35)8-16(12-18)26(36,37)38/h4-12H,1-3H3,(H,39,40,41). The monoisotopic (exact) mass is 634 g/mol. The number of anilines is 1. The first-order valence-electron chi connectivity index (χ1n) is 11.5. The highest BCUT2D eigenvalue weighted by Gasteiger charge is 2.40. The van der Waals surface area contributed by atoms with Gasteiger partial charge in [0.25, 0.3) is 0 Å². The van der Waals surface area contributed by atoms with E-state index < -0.39 is 82.2 Å². The molecule has 1 heterocycles. The van der Waals surface area contributed by atoms with E-state index in [4.69, 9.17) is 0 Å². The van der Waals surface area contributed by atoms with Crippen molar-refractivity contribution < 1.29 is 57.5 Å². The molecule has 1 N–H and O–H groups in total. The Balaban J connectivity index is 2.42. The highest BCUT2D eigenvalue weighted by molar-refractivity contribution is 7.79. The number of benzene rings is 2. The number of halogens is 12. The third-order valence-corrected chi connectivity index (χ3v) is 7.80. The largest absolute Gasteiger partial charge is 0.416 e. The number of pyridine rings is 1. The van der Waals surface area contributed by atoms with Gasteiger partial charge >= 0.3 is 24.7 Å². The van der Waals surface area contributed by atoms with Crippen molar-refractivity contribution in [1.82, 2.24) is 4.98 Å². The van der Waals surface area contributed by atoms with E-state index >= 15 is 0 Å². The number of nitrogens with zero attached hydrogens (tertiary/aromatic N) is 1. The zero-order chi connectivity index (χ0) is 32.1. The van der Waals surface area contributed by atoms with E-state index in [0.29, 0.717) is 0 Å². The first-order valence-corrected chi connectivity index (χ1v) is 12.9. The third-order valence-electron chi connectivity index (χ3n) is 5.55. The molecule has 42 heavy (non-hydrogen) atoms. The summed E-state index contributed by atoms with van der Waals surface area (Å²) in [5.74, 6) is -0.917. The van der Waals surface area contributed by atoms with Gasteiger partial charge in [-0.3, -0.25) is 4.79 Å². The fourth-order valence-corrected chi connectivity index (χ4v) is 5.81. The molecule has 0 fully saturated rings. The summed E-state index contributed by atoms with van der Waals surface area (Å²) in [5, 5.41) is 0.597. The molecular weight excluding hydrogens is 615 g/mol. The van der Waals surface area contributed by atoms with E-state index in [9.17, 15) is 57.5 Å². The Hall–Kier alpha value is -3.35. The number of hydrogen-bond acceptors (Lipinski definition) is 2. The molecule has 3 nitrogen and oxygen atoms in total. The van der Waals surface area contributed by atoms with Gasteiger partial charge in [0, 0.05) is 13.3 Å². The van der Waals surface area contributed by atoms with Crippen molar-refractivity contribution in [3.05, 3.63) is 76.9 Å². The lowest BCUT2D eigenvalue weighted by Crippen LogP contribution is -2.30. The minimum atomic E-state index is -5.36. The van der Waals surface area contributed by atoms with Gasteiger partial charge in [-0.2, -0.15) is 52.7 Å². The van der Waals surface area contributed by atoms with Crippen LogP contribution in [0.2, 0.25) is 0 Å². The van der Waals surface area contributed by atoms with Gasteiger partial charge in [-0.15, -0.1) is 0 Å². The lowest BCUT2D eigenvalue weighted by atomic mass is 9.96. The molecule has 3 aromatic rings. The molecule has 0 saturated carbocycles. The van der Waals surface area contributed by atoms with Crippen LogP contribution in [-0.2, 0) is 29.5 Å². The first kappa shape index (κ1) is 33.2. The molecule has 0 bridgehead atoms. The third kappa shape index (κ3) is 7.93. The van der Waals surface area contributed by atoms with E-state index in [1.807, 2.05) is 0 Å². The fraction of sp³-hybridized carbons (Fsp3) is 0.308. The molecule has 16 heteroatoms. The van der Waals surface area contributed by atoms with Crippen LogP contribution in [0.25, 0.3) is 0 Å². The minimum Gasteiger partial charge on any atom is -0.310 e. The van der Waals surface area contributed by atoms with E-state index in [1.54, 1.807) is 0 Å². The van der Waals surface area contributed by atoms with Gasteiger partial charge in [0.15, 0.2) is 0 Å². The number of rotatable bonds is 4. The number of carbonyl (C=O) groups excluding carboxylic acids is 1. The number of alkyl halides is 12. The Morgan fingerprint density at radius 2 is 0.976 bits per heavy atom. The van der Waals surface area contributed by atoms with Gasteiger partial charge in [0.1, 0.15) is 5.82 Å². The lowest BCUT2D eigenvalue weighted by molar-refractivity contribution is -0.144. The summed E-state index contributed by atoms with van der Waals surface area (Å²) in [6.07, 6.45) is -21.5. The van der Waals surface area contributed by atoms with E-state index in [1.165, 1.54) is 26.8 Å². The maximum absolute atomic E-state index is 13.6.